The molecule has 1 heterocycles. The first-order valence-corrected chi connectivity index (χ1v) is 6.53. The van der Waals surface area contributed by atoms with Gasteiger partial charge in [0, 0.05) is 24.2 Å². The van der Waals surface area contributed by atoms with Crippen LogP contribution < -0.4 is 10.6 Å². The maximum atomic E-state index is 12.9. The highest BCUT2D eigenvalue weighted by Crippen LogP contribution is 2.19. The van der Waals surface area contributed by atoms with Crippen LogP contribution in [0.4, 0.5) is 4.39 Å². The summed E-state index contributed by atoms with van der Waals surface area (Å²) in [5.74, 6) is -1.26. The molecule has 3 N–H and O–H groups in total. The van der Waals surface area contributed by atoms with Crippen LogP contribution in [0.15, 0.2) is 18.2 Å². The minimum absolute atomic E-state index is 0.0214. The van der Waals surface area contributed by atoms with Gasteiger partial charge in [0.1, 0.15) is 11.6 Å². The van der Waals surface area contributed by atoms with E-state index < -0.39 is 5.82 Å². The summed E-state index contributed by atoms with van der Waals surface area (Å²) in [7, 11) is 0. The maximum Gasteiger partial charge on any atom is 0.255 e. The van der Waals surface area contributed by atoms with E-state index in [1.807, 2.05) is 6.92 Å². The average Bonchev–Trinajstić information content (AvgIpc) is 2.32. The first kappa shape index (κ1) is 13.8. The Labute approximate surface area is 112 Å². The van der Waals surface area contributed by atoms with Crippen LogP contribution in [0.1, 0.15) is 37.0 Å². The summed E-state index contributed by atoms with van der Waals surface area (Å²) < 4.78 is 12.9. The van der Waals surface area contributed by atoms with Gasteiger partial charge in [-0.25, -0.2) is 4.39 Å². The first-order chi connectivity index (χ1) is 8.97. The fourth-order valence-corrected chi connectivity index (χ4v) is 2.47. The van der Waals surface area contributed by atoms with Crippen molar-refractivity contribution in [3.8, 4) is 5.75 Å². The van der Waals surface area contributed by atoms with Gasteiger partial charge >= 0.3 is 0 Å². The van der Waals surface area contributed by atoms with E-state index in [2.05, 4.69) is 17.6 Å². The topological polar surface area (TPSA) is 61.4 Å². The van der Waals surface area contributed by atoms with Gasteiger partial charge in [-0.05, 0) is 38.8 Å². The Kier molecular flexibility index (Phi) is 4.04. The average molecular weight is 266 g/mol. The minimum atomic E-state index is -0.560. The summed E-state index contributed by atoms with van der Waals surface area (Å²) in [5.41, 5.74) is 0.104. The van der Waals surface area contributed by atoms with Gasteiger partial charge in [-0.2, -0.15) is 0 Å². The number of carbonyl (C=O) groups is 1. The zero-order valence-corrected chi connectivity index (χ0v) is 11.1. The molecule has 2 rings (SSSR count). The largest absolute Gasteiger partial charge is 0.507 e. The summed E-state index contributed by atoms with van der Waals surface area (Å²) in [4.78, 5) is 12.1. The van der Waals surface area contributed by atoms with Crippen molar-refractivity contribution in [3.63, 3.8) is 0 Å². The third-order valence-corrected chi connectivity index (χ3v) is 3.58. The van der Waals surface area contributed by atoms with E-state index in [-0.39, 0.29) is 29.3 Å². The number of phenolic OH excluding ortho intramolecular Hbond substituents is 1. The molecule has 0 bridgehead atoms. The molecular formula is C14H19FN2O2. The number of aromatic hydroxyl groups is 1. The van der Waals surface area contributed by atoms with E-state index in [1.54, 1.807) is 0 Å². The van der Waals surface area contributed by atoms with Crippen LogP contribution >= 0.6 is 0 Å². The number of rotatable bonds is 2. The zero-order chi connectivity index (χ0) is 14.0. The van der Waals surface area contributed by atoms with Gasteiger partial charge in [0.05, 0.1) is 5.56 Å². The molecule has 1 aliphatic heterocycles. The predicted molar refractivity (Wildman–Crippen MR) is 70.6 cm³/mol. The summed E-state index contributed by atoms with van der Waals surface area (Å²) >= 11 is 0. The third-order valence-electron chi connectivity index (χ3n) is 3.58. The van der Waals surface area contributed by atoms with E-state index in [4.69, 9.17) is 0 Å². The van der Waals surface area contributed by atoms with Gasteiger partial charge in [-0.1, -0.05) is 0 Å². The fraction of sp³-hybridized carbons (Fsp3) is 0.500. The van der Waals surface area contributed by atoms with Crippen molar-refractivity contribution in [1.82, 2.24) is 10.6 Å². The maximum absolute atomic E-state index is 12.9. The lowest BCUT2D eigenvalue weighted by Gasteiger charge is -2.34. The molecular weight excluding hydrogens is 247 g/mol. The second-order valence-corrected chi connectivity index (χ2v) is 5.18. The highest BCUT2D eigenvalue weighted by atomic mass is 19.1. The van der Waals surface area contributed by atoms with Gasteiger partial charge in [-0.3, -0.25) is 4.79 Å². The van der Waals surface area contributed by atoms with E-state index >= 15 is 0 Å². The lowest BCUT2D eigenvalue weighted by Crippen LogP contribution is -2.54. The zero-order valence-electron chi connectivity index (χ0n) is 11.1. The number of benzene rings is 1. The number of hydrogen-bond acceptors (Lipinski definition) is 3. The number of hydrogen-bond donors (Lipinski definition) is 3. The quantitative estimate of drug-likeness (QED) is 0.765. The highest BCUT2D eigenvalue weighted by Gasteiger charge is 2.26. The van der Waals surface area contributed by atoms with E-state index in [9.17, 15) is 14.3 Å². The van der Waals surface area contributed by atoms with Crippen molar-refractivity contribution in [2.24, 2.45) is 0 Å². The summed E-state index contributed by atoms with van der Waals surface area (Å²) in [6, 6.07) is 4.05. The molecule has 0 spiro atoms. The second-order valence-electron chi connectivity index (χ2n) is 5.18. The van der Waals surface area contributed by atoms with Crippen LogP contribution in [-0.4, -0.2) is 29.1 Å². The van der Waals surface area contributed by atoms with Gasteiger partial charge in [-0.15, -0.1) is 0 Å². The summed E-state index contributed by atoms with van der Waals surface area (Å²) in [6.45, 7) is 4.13. The number of phenols is 1. The first-order valence-electron chi connectivity index (χ1n) is 6.53. The normalized spacial score (nSPS) is 27.0. The van der Waals surface area contributed by atoms with Crippen LogP contribution in [0.5, 0.6) is 5.75 Å². The van der Waals surface area contributed by atoms with Crippen molar-refractivity contribution in [2.45, 2.75) is 44.8 Å². The lowest BCUT2D eigenvalue weighted by molar-refractivity contribution is 0.0911. The van der Waals surface area contributed by atoms with Crippen molar-refractivity contribution >= 4 is 5.91 Å². The third kappa shape index (κ3) is 3.23. The Bertz CT molecular complexity index is 479. The fourth-order valence-electron chi connectivity index (χ4n) is 2.47. The van der Waals surface area contributed by atoms with Crippen LogP contribution in [0, 0.1) is 5.82 Å². The highest BCUT2D eigenvalue weighted by molar-refractivity contribution is 5.97. The molecule has 4 nitrogen and oxygen atoms in total. The molecule has 1 saturated heterocycles. The van der Waals surface area contributed by atoms with Crippen molar-refractivity contribution < 1.29 is 14.3 Å². The molecule has 5 heteroatoms. The smallest absolute Gasteiger partial charge is 0.255 e. The van der Waals surface area contributed by atoms with E-state index in [0.29, 0.717) is 6.04 Å². The standard InChI is InChI=1S/C14H19FN2O2/c1-8-3-6-12(9(2)16-8)17-14(19)11-5-4-10(15)7-13(11)18/h4-5,7-9,12,16,18H,3,6H2,1-2H3,(H,17,19). The van der Waals surface area contributed by atoms with Crippen LogP contribution in [0.2, 0.25) is 0 Å². The summed E-state index contributed by atoms with van der Waals surface area (Å²) in [5, 5.41) is 15.8. The lowest BCUT2D eigenvalue weighted by atomic mass is 9.95. The monoisotopic (exact) mass is 266 g/mol. The molecule has 3 atom stereocenters. The van der Waals surface area contributed by atoms with Gasteiger partial charge < -0.3 is 15.7 Å². The molecule has 0 aliphatic carbocycles. The number of piperidine rings is 1. The Hall–Kier alpha value is -1.62. The van der Waals surface area contributed by atoms with Gasteiger partial charge in [0.15, 0.2) is 0 Å². The number of halogens is 1. The van der Waals surface area contributed by atoms with Crippen LogP contribution in [0.25, 0.3) is 0 Å². The van der Waals surface area contributed by atoms with E-state index in [0.717, 1.165) is 18.9 Å². The Morgan fingerprint density at radius 3 is 2.79 bits per heavy atom. The predicted octanol–water partition coefficient (Wildman–Crippen LogP) is 1.79. The Morgan fingerprint density at radius 1 is 1.42 bits per heavy atom. The molecule has 19 heavy (non-hydrogen) atoms. The molecule has 1 aliphatic rings. The molecule has 0 saturated carbocycles. The number of carbonyl (C=O) groups excluding carboxylic acids is 1. The summed E-state index contributed by atoms with van der Waals surface area (Å²) in [6.07, 6.45) is 1.88. The molecule has 104 valence electrons. The van der Waals surface area contributed by atoms with E-state index in [1.165, 1.54) is 12.1 Å². The molecule has 1 fully saturated rings. The molecule has 0 radical (unpaired) electrons. The Morgan fingerprint density at radius 2 is 2.16 bits per heavy atom. The van der Waals surface area contributed by atoms with Crippen molar-refractivity contribution in [2.75, 3.05) is 0 Å². The molecule has 3 unspecified atom stereocenters. The minimum Gasteiger partial charge on any atom is -0.507 e. The molecule has 1 aromatic rings. The van der Waals surface area contributed by atoms with Gasteiger partial charge in [0.2, 0.25) is 0 Å². The Balaban J connectivity index is 2.04. The SMILES string of the molecule is CC1CCC(NC(=O)c2ccc(F)cc2O)C(C)N1. The van der Waals surface area contributed by atoms with Crippen molar-refractivity contribution in [3.05, 3.63) is 29.6 Å². The second kappa shape index (κ2) is 5.57. The molecule has 0 aromatic heterocycles. The number of nitrogens with one attached hydrogen (secondary N) is 2. The number of amides is 1. The van der Waals surface area contributed by atoms with Gasteiger partial charge in [0.25, 0.3) is 5.91 Å². The van der Waals surface area contributed by atoms with Crippen LogP contribution in [0.3, 0.4) is 0 Å². The van der Waals surface area contributed by atoms with Crippen molar-refractivity contribution in [1.29, 1.82) is 0 Å². The molecule has 1 aromatic carbocycles. The molecule has 1 amide bonds. The van der Waals surface area contributed by atoms with Crippen LogP contribution in [-0.2, 0) is 0 Å².